The first-order chi connectivity index (χ1) is 11.5. The number of nitrogens with zero attached hydrogens (tertiary/aromatic N) is 3. The Hall–Kier alpha value is -1.81. The summed E-state index contributed by atoms with van der Waals surface area (Å²) < 4.78 is 8.44. The van der Waals surface area contributed by atoms with E-state index in [0.29, 0.717) is 0 Å². The van der Waals surface area contributed by atoms with E-state index >= 15 is 0 Å². The second kappa shape index (κ2) is 8.34. The molecule has 0 atom stereocenters. The molecule has 0 saturated carbocycles. The summed E-state index contributed by atoms with van der Waals surface area (Å²) in [6.45, 7) is 10.6. The molecule has 2 aromatic rings. The van der Waals surface area contributed by atoms with E-state index in [-0.39, 0.29) is 0 Å². The van der Waals surface area contributed by atoms with Crippen molar-refractivity contribution in [2.75, 3.05) is 52.2 Å². The van der Waals surface area contributed by atoms with E-state index in [1.807, 2.05) is 0 Å². The lowest BCUT2D eigenvalue weighted by Crippen LogP contribution is -2.29. The van der Waals surface area contributed by atoms with Crippen molar-refractivity contribution in [3.63, 3.8) is 0 Å². The highest BCUT2D eigenvalue weighted by Crippen LogP contribution is 2.23. The first-order valence-corrected chi connectivity index (χ1v) is 8.94. The molecule has 1 aromatic heterocycles. The van der Waals surface area contributed by atoms with Crippen molar-refractivity contribution in [1.29, 1.82) is 0 Å². The van der Waals surface area contributed by atoms with Gasteiger partial charge in [0.15, 0.2) is 0 Å². The Morgan fingerprint density at radius 1 is 1.08 bits per heavy atom. The van der Waals surface area contributed by atoms with Crippen LogP contribution in [0.1, 0.15) is 25.8 Å². The van der Waals surface area contributed by atoms with Gasteiger partial charge in [-0.3, -0.25) is 0 Å². The SMILES string of the molecule is CCN(CC)c1ccc2c(C)cc(=[N+](C)CCCN(C)C)oc2c1. The van der Waals surface area contributed by atoms with Gasteiger partial charge in [-0.25, -0.2) is 4.58 Å². The maximum absolute atomic E-state index is 6.23. The van der Waals surface area contributed by atoms with Crippen molar-refractivity contribution in [3.8, 4) is 0 Å². The third-order valence-corrected chi connectivity index (χ3v) is 4.55. The van der Waals surface area contributed by atoms with Crippen LogP contribution in [-0.4, -0.2) is 52.2 Å². The van der Waals surface area contributed by atoms with Crippen LogP contribution in [-0.2, 0) is 0 Å². The van der Waals surface area contributed by atoms with Crippen LogP contribution in [0.4, 0.5) is 5.69 Å². The highest BCUT2D eigenvalue weighted by Gasteiger charge is 2.09. The molecule has 0 fully saturated rings. The minimum Gasteiger partial charge on any atom is -0.405 e. The summed E-state index contributed by atoms with van der Waals surface area (Å²) in [4.78, 5) is 4.56. The fraction of sp³-hybridized carbons (Fsp3) is 0.550. The van der Waals surface area contributed by atoms with Crippen molar-refractivity contribution < 1.29 is 4.42 Å². The van der Waals surface area contributed by atoms with Gasteiger partial charge >= 0.3 is 5.55 Å². The third kappa shape index (κ3) is 4.38. The zero-order valence-electron chi connectivity index (χ0n) is 16.1. The average Bonchev–Trinajstić information content (AvgIpc) is 2.55. The summed E-state index contributed by atoms with van der Waals surface area (Å²) in [6, 6.07) is 8.69. The quantitative estimate of drug-likeness (QED) is 0.729. The number of benzene rings is 1. The van der Waals surface area contributed by atoms with Crippen LogP contribution in [0, 0.1) is 6.92 Å². The van der Waals surface area contributed by atoms with Crippen LogP contribution >= 0.6 is 0 Å². The lowest BCUT2D eigenvalue weighted by atomic mass is 10.1. The van der Waals surface area contributed by atoms with E-state index in [1.165, 1.54) is 16.6 Å². The van der Waals surface area contributed by atoms with Crippen LogP contribution in [0.15, 0.2) is 28.7 Å². The predicted molar refractivity (Wildman–Crippen MR) is 104 cm³/mol. The summed E-state index contributed by atoms with van der Waals surface area (Å²) in [5.41, 5.74) is 4.39. The van der Waals surface area contributed by atoms with E-state index < -0.39 is 0 Å². The first kappa shape index (κ1) is 18.5. The van der Waals surface area contributed by atoms with Gasteiger partial charge in [0.1, 0.15) is 19.2 Å². The van der Waals surface area contributed by atoms with Crippen molar-refractivity contribution in [2.45, 2.75) is 27.2 Å². The minimum absolute atomic E-state index is 0.940. The Labute approximate surface area is 146 Å². The lowest BCUT2D eigenvalue weighted by Gasteiger charge is -2.21. The number of fused-ring (bicyclic) bond motifs is 1. The molecule has 132 valence electrons. The molecule has 0 radical (unpaired) electrons. The average molecular weight is 330 g/mol. The Balaban J connectivity index is 2.42. The molecule has 0 amide bonds. The van der Waals surface area contributed by atoms with E-state index in [2.05, 4.69) is 80.6 Å². The van der Waals surface area contributed by atoms with E-state index in [4.69, 9.17) is 4.42 Å². The molecule has 2 rings (SSSR count). The van der Waals surface area contributed by atoms with Crippen molar-refractivity contribution >= 4 is 16.7 Å². The summed E-state index contributed by atoms with van der Waals surface area (Å²) in [5, 5.41) is 1.19. The summed E-state index contributed by atoms with van der Waals surface area (Å²) in [6.07, 6.45) is 1.12. The zero-order chi connectivity index (χ0) is 17.7. The van der Waals surface area contributed by atoms with Gasteiger partial charge in [0.05, 0.1) is 6.07 Å². The highest BCUT2D eigenvalue weighted by atomic mass is 16.3. The van der Waals surface area contributed by atoms with Gasteiger partial charge < -0.3 is 14.2 Å². The molecular formula is C20H32N3O+. The Morgan fingerprint density at radius 2 is 1.79 bits per heavy atom. The standard InChI is InChI=1S/C20H32N3O/c1-7-23(8-2)17-10-11-18-16(3)14-20(24-19(18)15-17)22(6)13-9-12-21(4)5/h10-11,14-15H,7-9,12-13H2,1-6H3/q+1. The minimum atomic E-state index is 0.940. The Bertz CT molecular complexity index is 742. The maximum Gasteiger partial charge on any atom is 0.367 e. The van der Waals surface area contributed by atoms with Gasteiger partial charge in [-0.2, -0.15) is 0 Å². The fourth-order valence-corrected chi connectivity index (χ4v) is 3.03. The summed E-state index contributed by atoms with van der Waals surface area (Å²) in [7, 11) is 6.33. The van der Waals surface area contributed by atoms with Crippen molar-refractivity contribution in [2.24, 2.45) is 0 Å². The van der Waals surface area contributed by atoms with E-state index in [0.717, 1.165) is 43.7 Å². The topological polar surface area (TPSA) is 22.6 Å². The fourth-order valence-electron chi connectivity index (χ4n) is 3.03. The largest absolute Gasteiger partial charge is 0.405 e. The molecule has 0 aliphatic carbocycles. The van der Waals surface area contributed by atoms with E-state index in [9.17, 15) is 0 Å². The van der Waals surface area contributed by atoms with E-state index in [1.54, 1.807) is 0 Å². The Kier molecular flexibility index (Phi) is 6.44. The first-order valence-electron chi connectivity index (χ1n) is 8.94. The molecule has 1 heterocycles. The molecule has 0 spiro atoms. The molecule has 0 N–H and O–H groups in total. The molecule has 0 aliphatic heterocycles. The molecule has 0 bridgehead atoms. The number of hydrogen-bond donors (Lipinski definition) is 0. The van der Waals surface area contributed by atoms with Crippen LogP contribution in [0.5, 0.6) is 0 Å². The number of anilines is 1. The van der Waals surface area contributed by atoms with Crippen LogP contribution in [0.25, 0.3) is 11.0 Å². The molecule has 0 aliphatic rings. The van der Waals surface area contributed by atoms with Gasteiger partial charge in [0, 0.05) is 43.2 Å². The highest BCUT2D eigenvalue weighted by molar-refractivity contribution is 5.83. The monoisotopic (exact) mass is 330 g/mol. The van der Waals surface area contributed by atoms with Gasteiger partial charge in [-0.15, -0.1) is 0 Å². The number of aryl methyl sites for hydroxylation is 1. The second-order valence-electron chi connectivity index (χ2n) is 6.70. The third-order valence-electron chi connectivity index (χ3n) is 4.55. The van der Waals surface area contributed by atoms with Gasteiger partial charge in [-0.05, 0) is 52.6 Å². The van der Waals surface area contributed by atoms with Crippen molar-refractivity contribution in [1.82, 2.24) is 9.48 Å². The molecule has 4 nitrogen and oxygen atoms in total. The Morgan fingerprint density at radius 3 is 2.42 bits per heavy atom. The smallest absolute Gasteiger partial charge is 0.367 e. The van der Waals surface area contributed by atoms with Crippen LogP contribution in [0.2, 0.25) is 0 Å². The summed E-state index contributed by atoms with van der Waals surface area (Å²) in [5.74, 6) is 0. The maximum atomic E-state index is 6.23. The lowest BCUT2D eigenvalue weighted by molar-refractivity contribution is 0.381. The molecule has 0 saturated heterocycles. The number of rotatable bonds is 7. The van der Waals surface area contributed by atoms with Crippen molar-refractivity contribution in [3.05, 3.63) is 35.4 Å². The van der Waals surface area contributed by atoms with Gasteiger partial charge in [0.25, 0.3) is 0 Å². The zero-order valence-corrected chi connectivity index (χ0v) is 16.1. The van der Waals surface area contributed by atoms with Gasteiger partial charge in [0.2, 0.25) is 0 Å². The van der Waals surface area contributed by atoms with Gasteiger partial charge in [-0.1, -0.05) is 0 Å². The van der Waals surface area contributed by atoms with Crippen LogP contribution in [0.3, 0.4) is 0 Å². The second-order valence-corrected chi connectivity index (χ2v) is 6.70. The molecule has 0 unspecified atom stereocenters. The molecular weight excluding hydrogens is 298 g/mol. The van der Waals surface area contributed by atoms with Crippen LogP contribution < -0.4 is 15.0 Å². The molecule has 1 aromatic carbocycles. The normalized spacial score (nSPS) is 12.8. The number of hydrogen-bond acceptors (Lipinski definition) is 3. The molecule has 4 heteroatoms. The predicted octanol–water partition coefficient (Wildman–Crippen LogP) is 2.94. The summed E-state index contributed by atoms with van der Waals surface area (Å²) >= 11 is 0. The molecule has 24 heavy (non-hydrogen) atoms.